The van der Waals surface area contributed by atoms with Gasteiger partial charge in [0.15, 0.2) is 0 Å². The lowest BCUT2D eigenvalue weighted by atomic mass is 10.2. The molecule has 0 saturated heterocycles. The number of imidazole rings is 1. The van der Waals surface area contributed by atoms with Crippen molar-refractivity contribution in [1.82, 2.24) is 9.55 Å². The Kier molecular flexibility index (Phi) is 2.66. The average Bonchev–Trinajstić information content (AvgIpc) is 2.64. The van der Waals surface area contributed by atoms with Crippen LogP contribution in [0.4, 0.5) is 0 Å². The van der Waals surface area contributed by atoms with Crippen LogP contribution < -0.4 is 0 Å². The molecule has 0 fully saturated rings. The molecule has 16 heavy (non-hydrogen) atoms. The van der Waals surface area contributed by atoms with Crippen LogP contribution in [0, 0.1) is 6.92 Å². The highest BCUT2D eigenvalue weighted by molar-refractivity contribution is 6.32. The minimum atomic E-state index is -0.990. The number of nitrogens with zero attached hydrogens (tertiary/aromatic N) is 2. The Labute approximate surface area is 97.1 Å². The lowest BCUT2D eigenvalue weighted by molar-refractivity contribution is 0.0697. The molecule has 0 amide bonds. The van der Waals surface area contributed by atoms with E-state index in [1.165, 1.54) is 12.1 Å². The van der Waals surface area contributed by atoms with Gasteiger partial charge in [0.1, 0.15) is 5.82 Å². The number of hydrogen-bond acceptors (Lipinski definition) is 2. The molecule has 0 bridgehead atoms. The predicted octanol–water partition coefficient (Wildman–Crippen LogP) is 2.53. The van der Waals surface area contributed by atoms with Gasteiger partial charge in [0.25, 0.3) is 0 Å². The van der Waals surface area contributed by atoms with Gasteiger partial charge in [-0.1, -0.05) is 11.6 Å². The second-order valence-electron chi connectivity index (χ2n) is 3.32. The van der Waals surface area contributed by atoms with E-state index in [1.54, 1.807) is 23.0 Å². The second-order valence-corrected chi connectivity index (χ2v) is 3.72. The van der Waals surface area contributed by atoms with E-state index in [1.807, 2.05) is 6.92 Å². The number of aromatic nitrogens is 2. The Morgan fingerprint density at radius 3 is 2.75 bits per heavy atom. The Hall–Kier alpha value is -1.81. The van der Waals surface area contributed by atoms with Crippen molar-refractivity contribution in [3.05, 3.63) is 47.0 Å². The Balaban J connectivity index is 2.52. The van der Waals surface area contributed by atoms with E-state index in [9.17, 15) is 4.79 Å². The summed E-state index contributed by atoms with van der Waals surface area (Å²) in [7, 11) is 0. The summed E-state index contributed by atoms with van der Waals surface area (Å²) in [5.74, 6) is -0.194. The molecule has 0 radical (unpaired) electrons. The first kappa shape index (κ1) is 10.7. The molecule has 0 saturated carbocycles. The van der Waals surface area contributed by atoms with Crippen LogP contribution in [0.1, 0.15) is 16.2 Å². The summed E-state index contributed by atoms with van der Waals surface area (Å²) < 4.78 is 1.80. The number of carboxylic acid groups (broad SMARTS) is 1. The van der Waals surface area contributed by atoms with Crippen LogP contribution >= 0.6 is 11.6 Å². The quantitative estimate of drug-likeness (QED) is 0.872. The van der Waals surface area contributed by atoms with Crippen LogP contribution in [0.2, 0.25) is 5.02 Å². The lowest BCUT2D eigenvalue weighted by Crippen LogP contribution is -2.00. The number of rotatable bonds is 2. The van der Waals surface area contributed by atoms with Crippen LogP contribution in [0.25, 0.3) is 5.69 Å². The topological polar surface area (TPSA) is 55.1 Å². The van der Waals surface area contributed by atoms with Crippen LogP contribution in [-0.4, -0.2) is 20.6 Å². The van der Waals surface area contributed by atoms with Crippen molar-refractivity contribution >= 4 is 17.6 Å². The van der Waals surface area contributed by atoms with Crippen LogP contribution in [-0.2, 0) is 0 Å². The molecule has 0 aliphatic heterocycles. The summed E-state index contributed by atoms with van der Waals surface area (Å²) in [5.41, 5.74) is 0.896. The van der Waals surface area contributed by atoms with Crippen molar-refractivity contribution in [2.24, 2.45) is 0 Å². The molecule has 2 rings (SSSR count). The minimum absolute atomic E-state index is 0.173. The van der Waals surface area contributed by atoms with E-state index >= 15 is 0 Å². The zero-order valence-corrected chi connectivity index (χ0v) is 9.27. The highest BCUT2D eigenvalue weighted by Gasteiger charge is 2.09. The largest absolute Gasteiger partial charge is 0.478 e. The number of aromatic carboxylic acids is 1. The first-order chi connectivity index (χ1) is 7.59. The monoisotopic (exact) mass is 236 g/mol. The highest BCUT2D eigenvalue weighted by Crippen LogP contribution is 2.22. The fourth-order valence-electron chi connectivity index (χ4n) is 1.47. The predicted molar refractivity (Wildman–Crippen MR) is 60.3 cm³/mol. The van der Waals surface area contributed by atoms with Gasteiger partial charge in [-0.3, -0.25) is 0 Å². The minimum Gasteiger partial charge on any atom is -0.478 e. The Bertz CT molecular complexity index is 549. The van der Waals surface area contributed by atoms with Crippen molar-refractivity contribution in [1.29, 1.82) is 0 Å². The van der Waals surface area contributed by atoms with Crippen LogP contribution in [0.3, 0.4) is 0 Å². The maximum Gasteiger partial charge on any atom is 0.335 e. The molecule has 1 aromatic carbocycles. The Morgan fingerprint density at radius 1 is 1.50 bits per heavy atom. The number of benzene rings is 1. The van der Waals surface area contributed by atoms with Crippen molar-refractivity contribution in [2.75, 3.05) is 0 Å². The second kappa shape index (κ2) is 3.98. The van der Waals surface area contributed by atoms with Gasteiger partial charge < -0.3 is 9.67 Å². The number of hydrogen-bond donors (Lipinski definition) is 1. The molecule has 1 heterocycles. The summed E-state index contributed by atoms with van der Waals surface area (Å²) in [5, 5.41) is 9.20. The van der Waals surface area contributed by atoms with Gasteiger partial charge in [-0.25, -0.2) is 9.78 Å². The maximum absolute atomic E-state index is 10.7. The van der Waals surface area contributed by atoms with Crippen molar-refractivity contribution in [2.45, 2.75) is 6.92 Å². The molecule has 4 nitrogen and oxygen atoms in total. The summed E-state index contributed by atoms with van der Waals surface area (Å²) in [6, 6.07) is 4.61. The van der Waals surface area contributed by atoms with E-state index in [4.69, 9.17) is 16.7 Å². The first-order valence-corrected chi connectivity index (χ1v) is 5.00. The Morgan fingerprint density at radius 2 is 2.25 bits per heavy atom. The molecule has 0 unspecified atom stereocenters. The molecule has 0 aliphatic carbocycles. The third-order valence-corrected chi connectivity index (χ3v) is 2.58. The van der Waals surface area contributed by atoms with Crippen molar-refractivity contribution in [3.63, 3.8) is 0 Å². The van der Waals surface area contributed by atoms with Crippen LogP contribution in [0.5, 0.6) is 0 Å². The van der Waals surface area contributed by atoms with Gasteiger partial charge in [-0.2, -0.15) is 0 Å². The summed E-state index contributed by atoms with van der Waals surface area (Å²) in [6.07, 6.45) is 3.44. The smallest absolute Gasteiger partial charge is 0.335 e. The standard InChI is InChI=1S/C11H9ClN2O2/c1-7-13-4-5-14(7)10-3-2-8(11(15)16)6-9(10)12/h2-6H,1H3,(H,15,16). The van der Waals surface area contributed by atoms with Gasteiger partial charge in [0.05, 0.1) is 16.3 Å². The molecular weight excluding hydrogens is 228 g/mol. The zero-order chi connectivity index (χ0) is 11.7. The first-order valence-electron chi connectivity index (χ1n) is 4.63. The SMILES string of the molecule is Cc1nccn1-c1ccc(C(=O)O)cc1Cl. The molecule has 1 N–H and O–H groups in total. The zero-order valence-electron chi connectivity index (χ0n) is 8.51. The van der Waals surface area contributed by atoms with E-state index in [2.05, 4.69) is 4.98 Å². The molecule has 2 aromatic rings. The fraction of sp³-hybridized carbons (Fsp3) is 0.0909. The van der Waals surface area contributed by atoms with Gasteiger partial charge in [0.2, 0.25) is 0 Å². The van der Waals surface area contributed by atoms with E-state index in [0.717, 1.165) is 11.5 Å². The molecule has 0 spiro atoms. The molecule has 1 aromatic heterocycles. The van der Waals surface area contributed by atoms with Crippen molar-refractivity contribution in [3.8, 4) is 5.69 Å². The fourth-order valence-corrected chi connectivity index (χ4v) is 1.74. The molecule has 0 aliphatic rings. The third kappa shape index (κ3) is 1.79. The van der Waals surface area contributed by atoms with Gasteiger partial charge >= 0.3 is 5.97 Å². The third-order valence-electron chi connectivity index (χ3n) is 2.28. The summed E-state index contributed by atoms with van der Waals surface area (Å²) in [6.45, 7) is 1.85. The number of aryl methyl sites for hydroxylation is 1. The maximum atomic E-state index is 10.7. The molecule has 5 heteroatoms. The number of carboxylic acids is 1. The summed E-state index contributed by atoms with van der Waals surface area (Å²) in [4.78, 5) is 14.8. The summed E-state index contributed by atoms with van der Waals surface area (Å²) >= 11 is 6.02. The van der Waals surface area contributed by atoms with Gasteiger partial charge in [0, 0.05) is 12.4 Å². The van der Waals surface area contributed by atoms with Crippen LogP contribution in [0.15, 0.2) is 30.6 Å². The average molecular weight is 237 g/mol. The number of carbonyl (C=O) groups is 1. The number of halogens is 1. The normalized spacial score (nSPS) is 10.4. The van der Waals surface area contributed by atoms with E-state index < -0.39 is 5.97 Å². The molecule has 0 atom stereocenters. The van der Waals surface area contributed by atoms with E-state index in [-0.39, 0.29) is 5.56 Å². The lowest BCUT2D eigenvalue weighted by Gasteiger charge is -2.07. The molecular formula is C11H9ClN2O2. The van der Waals surface area contributed by atoms with Crippen molar-refractivity contribution < 1.29 is 9.90 Å². The van der Waals surface area contributed by atoms with Gasteiger partial charge in [-0.15, -0.1) is 0 Å². The van der Waals surface area contributed by atoms with Gasteiger partial charge in [-0.05, 0) is 25.1 Å². The molecule has 82 valence electrons. The highest BCUT2D eigenvalue weighted by atomic mass is 35.5. The van der Waals surface area contributed by atoms with E-state index in [0.29, 0.717) is 5.02 Å².